The van der Waals surface area contributed by atoms with E-state index in [2.05, 4.69) is 19.2 Å². The lowest BCUT2D eigenvalue weighted by molar-refractivity contribution is 0.626. The molecule has 0 atom stereocenters. The molecule has 0 aliphatic carbocycles. The number of hydrogen-bond donors (Lipinski definition) is 2. The van der Waals surface area contributed by atoms with Gasteiger partial charge in [0, 0.05) is 5.69 Å². The van der Waals surface area contributed by atoms with Gasteiger partial charge in [-0.3, -0.25) is 0 Å². The summed E-state index contributed by atoms with van der Waals surface area (Å²) in [7, 11) is 0. The normalized spacial score (nSPS) is 10.6. The van der Waals surface area contributed by atoms with Crippen LogP contribution >= 0.6 is 12.2 Å². The summed E-state index contributed by atoms with van der Waals surface area (Å²) in [6.07, 6.45) is 0. The Bertz CT molecular complexity index is 638. The molecule has 0 aliphatic heterocycles. The Hall–Kier alpha value is -1.94. The van der Waals surface area contributed by atoms with E-state index in [1.54, 1.807) is 12.1 Å². The third-order valence-corrected chi connectivity index (χ3v) is 3.32. The van der Waals surface area contributed by atoms with E-state index >= 15 is 0 Å². The molecule has 104 valence electrons. The number of nitrogens with two attached hydrogens (primary N) is 1. The first kappa shape index (κ1) is 14.5. The van der Waals surface area contributed by atoms with E-state index in [4.69, 9.17) is 18.0 Å². The molecule has 0 amide bonds. The molecule has 3 N–H and O–H groups in total. The monoisotopic (exact) mass is 288 g/mol. The lowest BCUT2D eigenvalue weighted by atomic mass is 10.0. The van der Waals surface area contributed by atoms with Crippen LogP contribution in [-0.4, -0.2) is 4.99 Å². The average molecular weight is 288 g/mol. The summed E-state index contributed by atoms with van der Waals surface area (Å²) in [5.41, 5.74) is 8.55. The zero-order valence-corrected chi connectivity index (χ0v) is 12.3. The fourth-order valence-corrected chi connectivity index (χ4v) is 2.35. The lowest BCUT2D eigenvalue weighted by Gasteiger charge is -2.17. The van der Waals surface area contributed by atoms with E-state index in [0.29, 0.717) is 11.6 Å². The SMILES string of the molecule is CC(C)c1ccccc1Nc1cccc(F)c1C(N)=S. The first-order valence-corrected chi connectivity index (χ1v) is 6.85. The molecule has 0 fully saturated rings. The predicted molar refractivity (Wildman–Crippen MR) is 86.1 cm³/mol. The molecule has 20 heavy (non-hydrogen) atoms. The summed E-state index contributed by atoms with van der Waals surface area (Å²) in [5, 5.41) is 3.24. The molecule has 0 bridgehead atoms. The van der Waals surface area contributed by atoms with Gasteiger partial charge in [0.1, 0.15) is 10.8 Å². The van der Waals surface area contributed by atoms with Gasteiger partial charge in [-0.25, -0.2) is 4.39 Å². The van der Waals surface area contributed by atoms with Gasteiger partial charge in [0.15, 0.2) is 0 Å². The molecule has 2 rings (SSSR count). The van der Waals surface area contributed by atoms with Crippen LogP contribution in [0.4, 0.5) is 15.8 Å². The molecule has 0 radical (unpaired) electrons. The maximum Gasteiger partial charge on any atom is 0.135 e. The van der Waals surface area contributed by atoms with Gasteiger partial charge in [-0.1, -0.05) is 50.3 Å². The predicted octanol–water partition coefficient (Wildman–Crippen LogP) is 4.33. The fourth-order valence-electron chi connectivity index (χ4n) is 2.14. The summed E-state index contributed by atoms with van der Waals surface area (Å²) in [6.45, 7) is 4.22. The summed E-state index contributed by atoms with van der Waals surface area (Å²) in [4.78, 5) is 0.0487. The molecule has 0 unspecified atom stereocenters. The second-order valence-electron chi connectivity index (χ2n) is 4.89. The van der Waals surface area contributed by atoms with E-state index in [1.807, 2.05) is 24.3 Å². The van der Waals surface area contributed by atoms with Crippen LogP contribution in [-0.2, 0) is 0 Å². The quantitative estimate of drug-likeness (QED) is 0.823. The van der Waals surface area contributed by atoms with Gasteiger partial charge in [-0.15, -0.1) is 0 Å². The summed E-state index contributed by atoms with van der Waals surface area (Å²) in [6, 6.07) is 12.7. The van der Waals surface area contributed by atoms with Crippen molar-refractivity contribution in [2.24, 2.45) is 5.73 Å². The topological polar surface area (TPSA) is 38.0 Å². The van der Waals surface area contributed by atoms with Crippen LogP contribution in [0.15, 0.2) is 42.5 Å². The molecular formula is C16H17FN2S. The van der Waals surface area contributed by atoms with Crippen LogP contribution in [0.5, 0.6) is 0 Å². The molecule has 0 saturated carbocycles. The minimum atomic E-state index is -0.412. The van der Waals surface area contributed by atoms with Crippen molar-refractivity contribution in [3.05, 3.63) is 59.4 Å². The van der Waals surface area contributed by atoms with Crippen molar-refractivity contribution >= 4 is 28.6 Å². The van der Waals surface area contributed by atoms with Crippen LogP contribution in [0.2, 0.25) is 0 Å². The Morgan fingerprint density at radius 3 is 2.40 bits per heavy atom. The van der Waals surface area contributed by atoms with Gasteiger partial charge >= 0.3 is 0 Å². The first-order chi connectivity index (χ1) is 9.50. The van der Waals surface area contributed by atoms with Gasteiger partial charge < -0.3 is 11.1 Å². The zero-order valence-electron chi connectivity index (χ0n) is 11.5. The van der Waals surface area contributed by atoms with Crippen molar-refractivity contribution in [1.82, 2.24) is 0 Å². The third-order valence-electron chi connectivity index (χ3n) is 3.11. The first-order valence-electron chi connectivity index (χ1n) is 6.45. The van der Waals surface area contributed by atoms with Crippen molar-refractivity contribution in [2.75, 3.05) is 5.32 Å². The zero-order chi connectivity index (χ0) is 14.7. The van der Waals surface area contributed by atoms with Crippen LogP contribution in [0.1, 0.15) is 30.9 Å². The standard InChI is InChI=1S/C16H17FN2S/c1-10(2)11-6-3-4-8-13(11)19-14-9-5-7-12(17)15(14)16(18)20/h3-10,19H,1-2H3,(H2,18,20). The van der Waals surface area contributed by atoms with Crippen LogP contribution in [0.3, 0.4) is 0 Å². The van der Waals surface area contributed by atoms with Crippen molar-refractivity contribution in [2.45, 2.75) is 19.8 Å². The summed E-state index contributed by atoms with van der Waals surface area (Å²) < 4.78 is 13.9. The minimum Gasteiger partial charge on any atom is -0.389 e. The highest BCUT2D eigenvalue weighted by Crippen LogP contribution is 2.29. The Labute approximate surface area is 123 Å². The maximum atomic E-state index is 13.9. The van der Waals surface area contributed by atoms with Crippen LogP contribution in [0.25, 0.3) is 0 Å². The Morgan fingerprint density at radius 1 is 1.10 bits per heavy atom. The van der Waals surface area contributed by atoms with Gasteiger partial charge in [0.2, 0.25) is 0 Å². The molecule has 4 heteroatoms. The molecular weight excluding hydrogens is 271 g/mol. The fraction of sp³-hybridized carbons (Fsp3) is 0.188. The molecule has 0 aliphatic rings. The second-order valence-corrected chi connectivity index (χ2v) is 5.33. The van der Waals surface area contributed by atoms with E-state index < -0.39 is 5.82 Å². The summed E-state index contributed by atoms with van der Waals surface area (Å²) >= 11 is 4.94. The molecule has 2 aromatic carbocycles. The smallest absolute Gasteiger partial charge is 0.135 e. The van der Waals surface area contributed by atoms with E-state index in [-0.39, 0.29) is 10.6 Å². The highest BCUT2D eigenvalue weighted by molar-refractivity contribution is 7.80. The second kappa shape index (κ2) is 6.01. The Kier molecular flexibility index (Phi) is 4.35. The number of anilines is 2. The maximum absolute atomic E-state index is 13.9. The number of rotatable bonds is 4. The molecule has 0 spiro atoms. The van der Waals surface area contributed by atoms with Gasteiger partial charge in [0.05, 0.1) is 11.3 Å². The molecule has 2 nitrogen and oxygen atoms in total. The van der Waals surface area contributed by atoms with Crippen molar-refractivity contribution in [3.8, 4) is 0 Å². The van der Waals surface area contributed by atoms with Crippen LogP contribution < -0.4 is 11.1 Å². The Morgan fingerprint density at radius 2 is 1.75 bits per heavy atom. The van der Waals surface area contributed by atoms with Crippen molar-refractivity contribution < 1.29 is 4.39 Å². The van der Waals surface area contributed by atoms with E-state index in [0.717, 1.165) is 11.3 Å². The number of para-hydroxylation sites is 1. The van der Waals surface area contributed by atoms with E-state index in [1.165, 1.54) is 6.07 Å². The highest BCUT2D eigenvalue weighted by atomic mass is 32.1. The Balaban J connectivity index is 2.46. The number of nitrogens with one attached hydrogen (secondary N) is 1. The third kappa shape index (κ3) is 2.96. The molecule has 2 aromatic rings. The number of thiocarbonyl (C=S) groups is 1. The van der Waals surface area contributed by atoms with Gasteiger partial charge in [0.25, 0.3) is 0 Å². The minimum absolute atomic E-state index is 0.0487. The highest BCUT2D eigenvalue weighted by Gasteiger charge is 2.13. The summed E-state index contributed by atoms with van der Waals surface area (Å²) in [5.74, 6) is -0.0509. The van der Waals surface area contributed by atoms with Crippen molar-refractivity contribution in [1.29, 1.82) is 0 Å². The lowest BCUT2D eigenvalue weighted by Crippen LogP contribution is -2.14. The number of halogens is 1. The van der Waals surface area contributed by atoms with Gasteiger partial charge in [-0.2, -0.15) is 0 Å². The van der Waals surface area contributed by atoms with Crippen molar-refractivity contribution in [3.63, 3.8) is 0 Å². The largest absolute Gasteiger partial charge is 0.389 e. The number of benzene rings is 2. The number of hydrogen-bond acceptors (Lipinski definition) is 2. The van der Waals surface area contributed by atoms with Crippen LogP contribution in [0, 0.1) is 5.82 Å². The molecule has 0 saturated heterocycles. The van der Waals surface area contributed by atoms with E-state index in [9.17, 15) is 4.39 Å². The average Bonchev–Trinajstić information content (AvgIpc) is 2.38. The molecule has 0 heterocycles. The van der Waals surface area contributed by atoms with Gasteiger partial charge in [-0.05, 0) is 29.7 Å². The molecule has 0 aromatic heterocycles.